The van der Waals surface area contributed by atoms with E-state index in [2.05, 4.69) is 14.5 Å². The van der Waals surface area contributed by atoms with Gasteiger partial charge in [-0.3, -0.25) is 0 Å². The van der Waals surface area contributed by atoms with Crippen LogP contribution in [0.5, 0.6) is 0 Å². The van der Waals surface area contributed by atoms with Gasteiger partial charge < -0.3 is 4.52 Å². The maximum Gasteiger partial charge on any atom is 0.345 e. The third-order valence-corrected chi connectivity index (χ3v) is 2.29. The van der Waals surface area contributed by atoms with Gasteiger partial charge in [-0.05, 0) is 6.26 Å². The summed E-state index contributed by atoms with van der Waals surface area (Å²) in [5, 5.41) is 0.622. The van der Waals surface area contributed by atoms with Crippen LogP contribution in [-0.4, -0.2) is 22.2 Å². The van der Waals surface area contributed by atoms with E-state index < -0.39 is 5.97 Å². The minimum Gasteiger partial charge on any atom is -0.448 e. The highest BCUT2D eigenvalue weighted by atomic mass is 35.5. The number of carbonyl (C=O) groups is 1. The van der Waals surface area contributed by atoms with Crippen molar-refractivity contribution in [2.75, 3.05) is 6.26 Å². The van der Waals surface area contributed by atoms with Crippen molar-refractivity contribution in [3.05, 3.63) is 16.9 Å². The van der Waals surface area contributed by atoms with Gasteiger partial charge in [-0.15, -0.1) is 0 Å². The first-order valence-electron chi connectivity index (χ1n) is 4.16. The largest absolute Gasteiger partial charge is 0.448 e. The summed E-state index contributed by atoms with van der Waals surface area (Å²) >= 11 is 7.05. The Kier molecular flexibility index (Phi) is 7.65. The lowest BCUT2D eigenvalue weighted by atomic mass is 10.3. The molecule has 4 nitrogen and oxygen atoms in total. The second kappa shape index (κ2) is 7.85. The lowest BCUT2D eigenvalue weighted by Crippen LogP contribution is -2.02. The van der Waals surface area contributed by atoms with Gasteiger partial charge in [0.25, 0.3) is 0 Å². The molecule has 0 saturated heterocycles. The van der Waals surface area contributed by atoms with Crippen LogP contribution in [0.3, 0.4) is 0 Å². The van der Waals surface area contributed by atoms with Gasteiger partial charge in [0.05, 0.1) is 9.47 Å². The molecule has 1 unspecified atom stereocenters. The van der Waals surface area contributed by atoms with Crippen molar-refractivity contribution in [2.45, 2.75) is 19.0 Å². The number of hydrogen-bond acceptors (Lipinski definition) is 5. The van der Waals surface area contributed by atoms with Crippen molar-refractivity contribution >= 4 is 38.8 Å². The third-order valence-electron chi connectivity index (χ3n) is 1.23. The van der Waals surface area contributed by atoms with Gasteiger partial charge in [-0.25, -0.2) is 14.8 Å². The molecule has 1 aromatic heterocycles. The van der Waals surface area contributed by atoms with Gasteiger partial charge in [-0.2, -0.15) is 0 Å². The molecule has 7 heteroatoms. The standard InChI is InChI=1S/C6H6ClN2O2PS.C2H6/c1-13-6-8-2-3(4(7)9-6)5(10)11-12;1-2/h2H,12H2,1H3;1-2H3. The Morgan fingerprint density at radius 1 is 1.60 bits per heavy atom. The van der Waals surface area contributed by atoms with Crippen LogP contribution in [0.2, 0.25) is 5.15 Å². The van der Waals surface area contributed by atoms with Gasteiger partial charge in [0, 0.05) is 6.20 Å². The van der Waals surface area contributed by atoms with Crippen molar-refractivity contribution in [2.24, 2.45) is 0 Å². The molecule has 0 aliphatic heterocycles. The van der Waals surface area contributed by atoms with E-state index >= 15 is 0 Å². The highest BCUT2D eigenvalue weighted by Crippen LogP contribution is 2.17. The van der Waals surface area contributed by atoms with E-state index in [0.717, 1.165) is 0 Å². The monoisotopic (exact) mass is 266 g/mol. The van der Waals surface area contributed by atoms with E-state index in [1.807, 2.05) is 29.6 Å². The highest BCUT2D eigenvalue weighted by Gasteiger charge is 2.12. The molecule has 0 aliphatic carbocycles. The molecule has 1 aromatic rings. The molecule has 0 aliphatic rings. The Balaban J connectivity index is 0.000000921. The fourth-order valence-electron chi connectivity index (χ4n) is 0.645. The lowest BCUT2D eigenvalue weighted by molar-refractivity contribution is 0.0764. The predicted octanol–water partition coefficient (Wildman–Crippen LogP) is 2.83. The van der Waals surface area contributed by atoms with Crippen LogP contribution in [0.25, 0.3) is 0 Å². The Morgan fingerprint density at radius 2 is 2.20 bits per heavy atom. The summed E-state index contributed by atoms with van der Waals surface area (Å²) in [7, 11) is 1.84. The van der Waals surface area contributed by atoms with Crippen LogP contribution in [0.15, 0.2) is 11.4 Å². The summed E-state index contributed by atoms with van der Waals surface area (Å²) in [6.07, 6.45) is 3.16. The first kappa shape index (κ1) is 14.6. The zero-order valence-corrected chi connectivity index (χ0v) is 11.4. The maximum atomic E-state index is 11.0. The average Bonchev–Trinajstić information content (AvgIpc) is 2.30. The molecule has 84 valence electrons. The van der Waals surface area contributed by atoms with Gasteiger partial charge in [0.15, 0.2) is 5.16 Å². The number of nitrogens with zero attached hydrogens (tertiary/aromatic N) is 2. The smallest absolute Gasteiger partial charge is 0.345 e. The van der Waals surface area contributed by atoms with Crippen molar-refractivity contribution in [1.29, 1.82) is 0 Å². The molecule has 0 aromatic carbocycles. The second-order valence-electron chi connectivity index (χ2n) is 1.97. The summed E-state index contributed by atoms with van der Waals surface area (Å²) in [6, 6.07) is 0. The van der Waals surface area contributed by atoms with Crippen LogP contribution < -0.4 is 0 Å². The summed E-state index contributed by atoms with van der Waals surface area (Å²) in [6.45, 7) is 4.00. The third kappa shape index (κ3) is 4.33. The molecule has 1 atom stereocenters. The Bertz CT molecular complexity index is 338. The van der Waals surface area contributed by atoms with E-state index in [4.69, 9.17) is 11.6 Å². The Morgan fingerprint density at radius 3 is 2.60 bits per heavy atom. The first-order chi connectivity index (χ1) is 7.19. The van der Waals surface area contributed by atoms with Gasteiger partial charge in [0.2, 0.25) is 0 Å². The van der Waals surface area contributed by atoms with Crippen molar-refractivity contribution < 1.29 is 9.32 Å². The topological polar surface area (TPSA) is 52.1 Å². The molecule has 0 amide bonds. The van der Waals surface area contributed by atoms with Gasteiger partial charge in [-0.1, -0.05) is 37.2 Å². The zero-order valence-electron chi connectivity index (χ0n) is 8.65. The van der Waals surface area contributed by atoms with Gasteiger partial charge >= 0.3 is 5.97 Å². The maximum absolute atomic E-state index is 11.0. The molecule has 0 bridgehead atoms. The predicted molar refractivity (Wildman–Crippen MR) is 65.3 cm³/mol. The van der Waals surface area contributed by atoms with Crippen LogP contribution in [0.4, 0.5) is 0 Å². The quantitative estimate of drug-likeness (QED) is 0.357. The first-order valence-corrected chi connectivity index (χ1v) is 6.24. The van der Waals surface area contributed by atoms with Crippen molar-refractivity contribution in [3.8, 4) is 0 Å². The van der Waals surface area contributed by atoms with E-state index in [9.17, 15) is 4.79 Å². The summed E-state index contributed by atoms with van der Waals surface area (Å²) in [5.41, 5.74) is 0.162. The van der Waals surface area contributed by atoms with Crippen molar-refractivity contribution in [3.63, 3.8) is 0 Å². The SMILES string of the molecule is CC.CSc1ncc(C(=O)OP)c(Cl)n1. The van der Waals surface area contributed by atoms with E-state index in [-0.39, 0.29) is 10.7 Å². The fraction of sp³-hybridized carbons (Fsp3) is 0.375. The molecular weight excluding hydrogens is 255 g/mol. The van der Waals surface area contributed by atoms with E-state index in [0.29, 0.717) is 5.16 Å². The molecule has 0 N–H and O–H groups in total. The molecule has 0 fully saturated rings. The minimum absolute atomic E-state index is 0.104. The molecule has 0 spiro atoms. The number of hydrogen-bond donors (Lipinski definition) is 0. The molecular formula is C8H12ClN2O2PS. The highest BCUT2D eigenvalue weighted by molar-refractivity contribution is 7.98. The fourth-order valence-corrected chi connectivity index (χ4v) is 1.37. The summed E-state index contributed by atoms with van der Waals surface area (Å²) < 4.78 is 4.40. The average molecular weight is 267 g/mol. The Labute approximate surface area is 100 Å². The summed E-state index contributed by atoms with van der Waals surface area (Å²) in [5.74, 6) is -0.567. The van der Waals surface area contributed by atoms with E-state index in [1.54, 1.807) is 0 Å². The lowest BCUT2D eigenvalue weighted by Gasteiger charge is -2.01. The van der Waals surface area contributed by atoms with Crippen molar-refractivity contribution in [1.82, 2.24) is 9.97 Å². The molecule has 0 saturated carbocycles. The zero-order chi connectivity index (χ0) is 11.8. The second-order valence-corrected chi connectivity index (χ2v) is 3.33. The number of carbonyl (C=O) groups excluding carboxylic acids is 1. The number of halogens is 1. The molecule has 1 heterocycles. The van der Waals surface area contributed by atoms with E-state index in [1.165, 1.54) is 18.0 Å². The summed E-state index contributed by atoms with van der Waals surface area (Å²) in [4.78, 5) is 18.8. The molecule has 15 heavy (non-hydrogen) atoms. The number of rotatable bonds is 2. The molecule has 1 rings (SSSR count). The van der Waals surface area contributed by atoms with Gasteiger partial charge in [0.1, 0.15) is 10.7 Å². The number of aromatic nitrogens is 2. The van der Waals surface area contributed by atoms with Crippen LogP contribution >= 0.6 is 32.8 Å². The number of thioether (sulfide) groups is 1. The Hall–Kier alpha value is -0.380. The normalized spacial score (nSPS) is 8.87. The van der Waals surface area contributed by atoms with Crippen LogP contribution in [0.1, 0.15) is 24.2 Å². The van der Waals surface area contributed by atoms with Crippen LogP contribution in [-0.2, 0) is 4.52 Å². The molecule has 0 radical (unpaired) electrons. The minimum atomic E-state index is -0.567. The van der Waals surface area contributed by atoms with Crippen LogP contribution in [0, 0.1) is 0 Å².